The van der Waals surface area contributed by atoms with Crippen LogP contribution in [0.15, 0.2) is 103 Å². The van der Waals surface area contributed by atoms with Gasteiger partial charge in [-0.3, -0.25) is 9.59 Å². The van der Waals surface area contributed by atoms with Crippen LogP contribution in [-0.4, -0.2) is 41.2 Å². The molecule has 0 unspecified atom stereocenters. The summed E-state index contributed by atoms with van der Waals surface area (Å²) in [5.74, 6) is -0.546. The number of anilines is 1. The summed E-state index contributed by atoms with van der Waals surface area (Å²) < 4.78 is 10.7. The van der Waals surface area contributed by atoms with E-state index in [9.17, 15) is 19.2 Å². The van der Waals surface area contributed by atoms with Crippen molar-refractivity contribution >= 4 is 29.7 Å². The van der Waals surface area contributed by atoms with Crippen LogP contribution in [0.3, 0.4) is 0 Å². The Balaban J connectivity index is 1.24. The van der Waals surface area contributed by atoms with E-state index in [4.69, 9.17) is 9.47 Å². The number of alkyl carbamates (subject to hydrolysis) is 2. The van der Waals surface area contributed by atoms with Crippen molar-refractivity contribution in [3.63, 3.8) is 0 Å². The number of benzene rings is 4. The van der Waals surface area contributed by atoms with Crippen LogP contribution >= 0.6 is 0 Å². The SMILES string of the molecule is CC(C)(CC(=O)N[C@@H]1CCc2ccccc2N(Cc2ccc(-c3ccccc3CNC(=O)OC(C)(C)C)cc2)C1=O)NC(=O)OCc1ccccc1. The number of rotatable bonds is 11. The van der Waals surface area contributed by atoms with E-state index in [1.165, 1.54) is 0 Å². The molecule has 4 amide bonds. The monoisotopic (exact) mass is 704 g/mol. The fourth-order valence-corrected chi connectivity index (χ4v) is 6.15. The van der Waals surface area contributed by atoms with Crippen LogP contribution in [0.25, 0.3) is 11.1 Å². The standard InChI is InChI=1S/C42H48N4O6/c1-41(2,3)52-39(49)43-26-33-16-9-11-17-34(33)31-21-19-29(20-22-31)27-46-36-18-12-10-15-32(36)23-24-35(38(46)48)44-37(47)25-42(4,5)45-40(50)51-28-30-13-7-6-8-14-30/h6-22,35H,23-28H2,1-5H3,(H,43,49)(H,44,47)(H,45,50)/t35-/m1/s1. The Kier molecular flexibility index (Phi) is 12.0. The lowest BCUT2D eigenvalue weighted by Crippen LogP contribution is -2.51. The van der Waals surface area contributed by atoms with Crippen molar-refractivity contribution in [2.75, 3.05) is 4.90 Å². The van der Waals surface area contributed by atoms with Gasteiger partial charge in [-0.15, -0.1) is 0 Å². The summed E-state index contributed by atoms with van der Waals surface area (Å²) in [6.45, 7) is 9.70. The first-order valence-electron chi connectivity index (χ1n) is 17.6. The number of carbonyl (C=O) groups excluding carboxylic acids is 4. The average molecular weight is 705 g/mol. The predicted molar refractivity (Wildman–Crippen MR) is 201 cm³/mol. The van der Waals surface area contributed by atoms with E-state index in [0.717, 1.165) is 39.1 Å². The summed E-state index contributed by atoms with van der Waals surface area (Å²) in [4.78, 5) is 54.0. The predicted octanol–water partition coefficient (Wildman–Crippen LogP) is 7.44. The van der Waals surface area contributed by atoms with Crippen LogP contribution in [0.2, 0.25) is 0 Å². The van der Waals surface area contributed by atoms with Gasteiger partial charge >= 0.3 is 12.2 Å². The second-order valence-corrected chi connectivity index (χ2v) is 14.7. The zero-order chi connectivity index (χ0) is 37.3. The summed E-state index contributed by atoms with van der Waals surface area (Å²) in [5, 5.41) is 8.57. The molecule has 0 spiro atoms. The summed E-state index contributed by atoms with van der Waals surface area (Å²) in [6.07, 6.45) is -0.0857. The number of para-hydroxylation sites is 1. The van der Waals surface area contributed by atoms with E-state index < -0.39 is 29.4 Å². The van der Waals surface area contributed by atoms with Gasteiger partial charge in [0, 0.05) is 24.2 Å². The number of nitrogens with one attached hydrogen (secondary N) is 3. The van der Waals surface area contributed by atoms with Crippen molar-refractivity contribution in [2.45, 2.75) is 90.8 Å². The molecule has 1 aliphatic heterocycles. The Labute approximate surface area is 305 Å². The average Bonchev–Trinajstić information content (AvgIpc) is 3.22. The van der Waals surface area contributed by atoms with Crippen LogP contribution < -0.4 is 20.9 Å². The molecule has 0 aromatic heterocycles. The lowest BCUT2D eigenvalue weighted by molar-refractivity contribution is -0.128. The highest BCUT2D eigenvalue weighted by molar-refractivity contribution is 6.00. The summed E-state index contributed by atoms with van der Waals surface area (Å²) in [7, 11) is 0. The van der Waals surface area contributed by atoms with Gasteiger partial charge in [0.05, 0.1) is 6.54 Å². The quantitative estimate of drug-likeness (QED) is 0.149. The Morgan fingerprint density at radius 1 is 0.788 bits per heavy atom. The molecule has 0 radical (unpaired) electrons. The number of nitrogens with zero attached hydrogens (tertiary/aromatic N) is 1. The first-order chi connectivity index (χ1) is 24.8. The molecule has 0 fully saturated rings. The summed E-state index contributed by atoms with van der Waals surface area (Å²) >= 11 is 0. The molecule has 272 valence electrons. The fourth-order valence-electron chi connectivity index (χ4n) is 6.15. The largest absolute Gasteiger partial charge is 0.445 e. The lowest BCUT2D eigenvalue weighted by atomic mass is 9.98. The van der Waals surface area contributed by atoms with Gasteiger partial charge in [0.2, 0.25) is 11.8 Å². The Hall–Kier alpha value is -5.64. The van der Waals surface area contributed by atoms with Gasteiger partial charge in [0.1, 0.15) is 18.2 Å². The van der Waals surface area contributed by atoms with Crippen molar-refractivity contribution in [2.24, 2.45) is 0 Å². The summed E-state index contributed by atoms with van der Waals surface area (Å²) in [5.41, 5.74) is 5.01. The molecule has 0 saturated heterocycles. The van der Waals surface area contributed by atoms with E-state index >= 15 is 0 Å². The van der Waals surface area contributed by atoms with Crippen molar-refractivity contribution < 1.29 is 28.7 Å². The minimum atomic E-state index is -0.916. The van der Waals surface area contributed by atoms with E-state index in [2.05, 4.69) is 16.0 Å². The first kappa shape index (κ1) is 37.6. The second-order valence-electron chi connectivity index (χ2n) is 14.7. The maximum absolute atomic E-state index is 14.1. The molecule has 10 nitrogen and oxygen atoms in total. The maximum atomic E-state index is 14.1. The second kappa shape index (κ2) is 16.6. The van der Waals surface area contributed by atoms with Crippen LogP contribution in [0, 0.1) is 0 Å². The number of amides is 4. The van der Waals surface area contributed by atoms with Crippen molar-refractivity contribution in [3.05, 3.63) is 125 Å². The molecule has 5 rings (SSSR count). The van der Waals surface area contributed by atoms with Gasteiger partial charge in [0.15, 0.2) is 0 Å². The van der Waals surface area contributed by atoms with E-state index in [1.807, 2.05) is 124 Å². The number of hydrogen-bond acceptors (Lipinski definition) is 6. The molecule has 1 heterocycles. The minimum Gasteiger partial charge on any atom is -0.445 e. The highest BCUT2D eigenvalue weighted by atomic mass is 16.6. The highest BCUT2D eigenvalue weighted by Gasteiger charge is 2.33. The van der Waals surface area contributed by atoms with Crippen molar-refractivity contribution in [3.8, 4) is 11.1 Å². The van der Waals surface area contributed by atoms with E-state index in [1.54, 1.807) is 18.7 Å². The zero-order valence-electron chi connectivity index (χ0n) is 30.5. The fraction of sp³-hybridized carbons (Fsp3) is 0.333. The Morgan fingerprint density at radius 2 is 1.46 bits per heavy atom. The molecule has 0 bridgehead atoms. The van der Waals surface area contributed by atoms with Crippen molar-refractivity contribution in [1.82, 2.24) is 16.0 Å². The Bertz CT molecular complexity index is 1870. The number of aryl methyl sites for hydroxylation is 1. The normalized spacial score (nSPS) is 14.4. The van der Waals surface area contributed by atoms with Crippen LogP contribution in [-0.2, 0) is 45.2 Å². The molecule has 4 aromatic carbocycles. The highest BCUT2D eigenvalue weighted by Crippen LogP contribution is 2.30. The molecule has 1 aliphatic rings. The minimum absolute atomic E-state index is 0.0413. The number of ether oxygens (including phenoxy) is 2. The van der Waals surface area contributed by atoms with Gasteiger partial charge in [-0.25, -0.2) is 9.59 Å². The molecule has 52 heavy (non-hydrogen) atoms. The Morgan fingerprint density at radius 3 is 2.19 bits per heavy atom. The molecule has 10 heteroatoms. The third-order valence-corrected chi connectivity index (χ3v) is 8.58. The summed E-state index contributed by atoms with van der Waals surface area (Å²) in [6, 6.07) is 32.3. The molecule has 3 N–H and O–H groups in total. The molecular formula is C42H48N4O6. The van der Waals surface area contributed by atoms with Gasteiger partial charge in [-0.05, 0) is 86.9 Å². The third kappa shape index (κ3) is 10.7. The molecule has 0 aliphatic carbocycles. The van der Waals surface area contributed by atoms with E-state index in [-0.39, 0.29) is 24.8 Å². The first-order valence-corrected chi connectivity index (χ1v) is 17.6. The third-order valence-electron chi connectivity index (χ3n) is 8.58. The van der Waals surface area contributed by atoms with Gasteiger partial charge < -0.3 is 30.3 Å². The number of carbonyl (C=O) groups is 4. The van der Waals surface area contributed by atoms with Gasteiger partial charge in [0.25, 0.3) is 0 Å². The maximum Gasteiger partial charge on any atom is 0.407 e. The topological polar surface area (TPSA) is 126 Å². The van der Waals surface area contributed by atoms with Crippen LogP contribution in [0.4, 0.5) is 15.3 Å². The molecule has 1 atom stereocenters. The van der Waals surface area contributed by atoms with Crippen LogP contribution in [0.1, 0.15) is 69.7 Å². The molecular weight excluding hydrogens is 656 g/mol. The van der Waals surface area contributed by atoms with Crippen LogP contribution in [0.5, 0.6) is 0 Å². The number of hydrogen-bond donors (Lipinski definition) is 3. The van der Waals surface area contributed by atoms with Crippen molar-refractivity contribution in [1.29, 1.82) is 0 Å². The smallest absolute Gasteiger partial charge is 0.407 e. The zero-order valence-corrected chi connectivity index (χ0v) is 30.5. The molecule has 4 aromatic rings. The van der Waals surface area contributed by atoms with Gasteiger partial charge in [-0.1, -0.05) is 97.1 Å². The van der Waals surface area contributed by atoms with Gasteiger partial charge in [-0.2, -0.15) is 0 Å². The lowest BCUT2D eigenvalue weighted by Gasteiger charge is -2.28. The van der Waals surface area contributed by atoms with E-state index in [0.29, 0.717) is 25.9 Å². The molecule has 0 saturated carbocycles. The number of fused-ring (bicyclic) bond motifs is 1.